The van der Waals surface area contributed by atoms with Crippen molar-refractivity contribution >= 4 is 9.84 Å². The van der Waals surface area contributed by atoms with Crippen molar-refractivity contribution in [2.45, 2.75) is 57.9 Å². The molecule has 1 aliphatic carbocycles. The van der Waals surface area contributed by atoms with Gasteiger partial charge in [-0.1, -0.05) is 19.8 Å². The van der Waals surface area contributed by atoms with Gasteiger partial charge >= 0.3 is 0 Å². The molecule has 1 N–H and O–H groups in total. The average Bonchev–Trinajstić information content (AvgIpc) is 2.94. The van der Waals surface area contributed by atoms with Gasteiger partial charge in [0.1, 0.15) is 0 Å². The molecule has 0 aromatic rings. The van der Waals surface area contributed by atoms with Crippen LogP contribution in [-0.2, 0) is 9.84 Å². The van der Waals surface area contributed by atoms with Crippen molar-refractivity contribution in [2.75, 3.05) is 18.1 Å². The van der Waals surface area contributed by atoms with Crippen LogP contribution in [0, 0.1) is 11.8 Å². The zero-order valence-electron chi connectivity index (χ0n) is 11.5. The van der Waals surface area contributed by atoms with E-state index in [0.717, 1.165) is 31.7 Å². The van der Waals surface area contributed by atoms with Gasteiger partial charge in [-0.15, -0.1) is 0 Å². The molecular weight excluding hydrogens is 246 g/mol. The van der Waals surface area contributed by atoms with E-state index in [0.29, 0.717) is 23.5 Å². The highest BCUT2D eigenvalue weighted by atomic mass is 32.2. The second-order valence-electron chi connectivity index (χ2n) is 6.11. The second-order valence-corrected chi connectivity index (χ2v) is 8.34. The van der Waals surface area contributed by atoms with Gasteiger partial charge in [-0.2, -0.15) is 0 Å². The first-order chi connectivity index (χ1) is 8.61. The molecular formula is C14H27NO2S. The quantitative estimate of drug-likeness (QED) is 0.808. The number of hydrogen-bond acceptors (Lipinski definition) is 3. The lowest BCUT2D eigenvalue weighted by molar-refractivity contribution is 0.303. The average molecular weight is 273 g/mol. The zero-order chi connectivity index (χ0) is 13.0. The Balaban J connectivity index is 1.88. The molecule has 1 saturated carbocycles. The fourth-order valence-corrected chi connectivity index (χ4v) is 5.43. The fraction of sp³-hybridized carbons (Fsp3) is 1.00. The van der Waals surface area contributed by atoms with Crippen molar-refractivity contribution in [1.29, 1.82) is 0 Å². The van der Waals surface area contributed by atoms with Crippen molar-refractivity contribution in [3.63, 3.8) is 0 Å². The molecule has 106 valence electrons. The van der Waals surface area contributed by atoms with Crippen molar-refractivity contribution < 1.29 is 8.42 Å². The molecule has 2 fully saturated rings. The number of nitrogens with one attached hydrogen (secondary N) is 1. The summed E-state index contributed by atoms with van der Waals surface area (Å²) in [7, 11) is -2.71. The van der Waals surface area contributed by atoms with Gasteiger partial charge in [0.2, 0.25) is 0 Å². The Morgan fingerprint density at radius 2 is 1.94 bits per heavy atom. The lowest BCUT2D eigenvalue weighted by Crippen LogP contribution is -2.37. The summed E-state index contributed by atoms with van der Waals surface area (Å²) in [6.45, 7) is 3.26. The van der Waals surface area contributed by atoms with E-state index in [4.69, 9.17) is 0 Å². The van der Waals surface area contributed by atoms with Crippen LogP contribution in [0.15, 0.2) is 0 Å². The van der Waals surface area contributed by atoms with E-state index in [1.807, 2.05) is 0 Å². The summed E-state index contributed by atoms with van der Waals surface area (Å²) in [6, 6.07) is 0.561. The Hall–Kier alpha value is -0.0900. The molecule has 0 radical (unpaired) electrons. The second kappa shape index (κ2) is 6.38. The highest BCUT2D eigenvalue weighted by Gasteiger charge is 2.32. The number of sulfone groups is 1. The smallest absolute Gasteiger partial charge is 0.150 e. The molecule has 0 amide bonds. The van der Waals surface area contributed by atoms with Crippen molar-refractivity contribution in [3.05, 3.63) is 0 Å². The van der Waals surface area contributed by atoms with Crippen LogP contribution in [0.1, 0.15) is 51.9 Å². The van der Waals surface area contributed by atoms with E-state index in [9.17, 15) is 8.42 Å². The van der Waals surface area contributed by atoms with E-state index in [-0.39, 0.29) is 0 Å². The topological polar surface area (TPSA) is 46.2 Å². The fourth-order valence-electron chi connectivity index (χ4n) is 3.55. The maximum atomic E-state index is 11.5. The first-order valence-corrected chi connectivity index (χ1v) is 9.36. The van der Waals surface area contributed by atoms with Gasteiger partial charge < -0.3 is 5.32 Å². The van der Waals surface area contributed by atoms with Gasteiger partial charge in [-0.05, 0) is 50.5 Å². The normalized spacial score (nSPS) is 29.7. The molecule has 2 aliphatic rings. The summed E-state index contributed by atoms with van der Waals surface area (Å²) < 4.78 is 23.1. The van der Waals surface area contributed by atoms with Crippen LogP contribution in [0.5, 0.6) is 0 Å². The molecule has 0 spiro atoms. The summed E-state index contributed by atoms with van der Waals surface area (Å²) in [5, 5.41) is 3.67. The number of hydrogen-bond donors (Lipinski definition) is 1. The SMILES string of the molecule is CCCNC(CC1CCS(=O)(=O)C1)C1CCCC1. The number of rotatable bonds is 6. The minimum Gasteiger partial charge on any atom is -0.314 e. The maximum absolute atomic E-state index is 11.5. The monoisotopic (exact) mass is 273 g/mol. The lowest BCUT2D eigenvalue weighted by atomic mass is 9.89. The molecule has 3 nitrogen and oxygen atoms in total. The largest absolute Gasteiger partial charge is 0.314 e. The first-order valence-electron chi connectivity index (χ1n) is 7.54. The summed E-state index contributed by atoms with van der Waals surface area (Å²) >= 11 is 0. The van der Waals surface area contributed by atoms with Crippen LogP contribution in [0.3, 0.4) is 0 Å². The lowest BCUT2D eigenvalue weighted by Gasteiger charge is -2.27. The summed E-state index contributed by atoms with van der Waals surface area (Å²) in [5.74, 6) is 2.05. The van der Waals surface area contributed by atoms with Gasteiger partial charge in [-0.3, -0.25) is 0 Å². The molecule has 2 unspecified atom stereocenters. The van der Waals surface area contributed by atoms with Crippen LogP contribution < -0.4 is 5.32 Å². The van der Waals surface area contributed by atoms with Crippen LogP contribution >= 0.6 is 0 Å². The van der Waals surface area contributed by atoms with Crippen molar-refractivity contribution in [1.82, 2.24) is 5.32 Å². The van der Waals surface area contributed by atoms with Crippen LogP contribution in [0.25, 0.3) is 0 Å². The molecule has 1 heterocycles. The molecule has 0 bridgehead atoms. The molecule has 1 aliphatic heterocycles. The van der Waals surface area contributed by atoms with Gasteiger partial charge in [0.25, 0.3) is 0 Å². The van der Waals surface area contributed by atoms with E-state index >= 15 is 0 Å². The molecule has 1 saturated heterocycles. The van der Waals surface area contributed by atoms with E-state index in [1.54, 1.807) is 0 Å². The minimum atomic E-state index is -2.71. The van der Waals surface area contributed by atoms with Crippen LogP contribution in [-0.4, -0.2) is 32.5 Å². The standard InChI is InChI=1S/C14H27NO2S/c1-2-8-15-14(13-5-3-4-6-13)10-12-7-9-18(16,17)11-12/h12-15H,2-11H2,1H3. The third-order valence-electron chi connectivity index (χ3n) is 4.54. The Labute approximate surface area is 112 Å². The highest BCUT2D eigenvalue weighted by molar-refractivity contribution is 7.91. The maximum Gasteiger partial charge on any atom is 0.150 e. The summed E-state index contributed by atoms with van der Waals surface area (Å²) in [6.07, 6.45) is 8.51. The molecule has 4 heteroatoms. The predicted octanol–water partition coefficient (Wildman–Crippen LogP) is 2.37. The van der Waals surface area contributed by atoms with E-state index in [2.05, 4.69) is 12.2 Å². The first kappa shape index (κ1) is 14.3. The summed E-state index contributed by atoms with van der Waals surface area (Å²) in [5.41, 5.74) is 0. The zero-order valence-corrected chi connectivity index (χ0v) is 12.3. The van der Waals surface area contributed by atoms with Crippen LogP contribution in [0.2, 0.25) is 0 Å². The van der Waals surface area contributed by atoms with E-state index < -0.39 is 9.84 Å². The van der Waals surface area contributed by atoms with Gasteiger partial charge in [-0.25, -0.2) is 8.42 Å². The molecule has 2 atom stereocenters. The Kier molecular flexibility index (Phi) is 5.07. The third kappa shape index (κ3) is 3.95. The van der Waals surface area contributed by atoms with Crippen molar-refractivity contribution in [2.24, 2.45) is 11.8 Å². The Bertz CT molecular complexity index is 347. The molecule has 2 rings (SSSR count). The summed E-state index contributed by atoms with van der Waals surface area (Å²) in [4.78, 5) is 0. The minimum absolute atomic E-state index is 0.407. The molecule has 0 aromatic heterocycles. The van der Waals surface area contributed by atoms with Crippen LogP contribution in [0.4, 0.5) is 0 Å². The molecule has 18 heavy (non-hydrogen) atoms. The van der Waals surface area contributed by atoms with E-state index in [1.165, 1.54) is 25.7 Å². The Morgan fingerprint density at radius 3 is 2.50 bits per heavy atom. The van der Waals surface area contributed by atoms with Gasteiger partial charge in [0, 0.05) is 6.04 Å². The molecule has 0 aromatic carbocycles. The third-order valence-corrected chi connectivity index (χ3v) is 6.38. The Morgan fingerprint density at radius 1 is 1.22 bits per heavy atom. The van der Waals surface area contributed by atoms with Gasteiger partial charge in [0.05, 0.1) is 11.5 Å². The van der Waals surface area contributed by atoms with Crippen molar-refractivity contribution in [3.8, 4) is 0 Å². The predicted molar refractivity (Wildman–Crippen MR) is 75.4 cm³/mol. The van der Waals surface area contributed by atoms with Gasteiger partial charge in [0.15, 0.2) is 9.84 Å². The highest BCUT2D eigenvalue weighted by Crippen LogP contribution is 2.32.